The molecule has 0 bridgehead atoms. The number of fused-ring (bicyclic) bond motifs is 1. The van der Waals surface area contributed by atoms with Gasteiger partial charge < -0.3 is 5.32 Å². The Hall–Kier alpha value is -2.04. The van der Waals surface area contributed by atoms with Crippen LogP contribution in [0.15, 0.2) is 42.5 Å². The van der Waals surface area contributed by atoms with Crippen LogP contribution in [-0.4, -0.2) is 16.3 Å². The van der Waals surface area contributed by atoms with Crippen LogP contribution in [-0.2, 0) is 6.42 Å². The maximum atomic E-state index is 13.2. The number of nitrogens with one attached hydrogen (secondary N) is 1. The van der Waals surface area contributed by atoms with Gasteiger partial charge in [0.15, 0.2) is 0 Å². The van der Waals surface area contributed by atoms with Crippen molar-refractivity contribution >= 4 is 29.0 Å². The van der Waals surface area contributed by atoms with Gasteiger partial charge in [0.25, 0.3) is 0 Å². The van der Waals surface area contributed by atoms with Gasteiger partial charge in [-0.25, -0.2) is 9.07 Å². The van der Waals surface area contributed by atoms with Crippen molar-refractivity contribution in [2.24, 2.45) is 0 Å². The summed E-state index contributed by atoms with van der Waals surface area (Å²) >= 11 is 12.3. The summed E-state index contributed by atoms with van der Waals surface area (Å²) in [7, 11) is 0. The Balaban J connectivity index is 1.89. The third kappa shape index (κ3) is 2.48. The van der Waals surface area contributed by atoms with Crippen molar-refractivity contribution in [1.82, 2.24) is 9.78 Å². The van der Waals surface area contributed by atoms with Crippen molar-refractivity contribution in [3.05, 3.63) is 63.9 Å². The van der Waals surface area contributed by atoms with Crippen LogP contribution in [0.5, 0.6) is 0 Å². The molecule has 1 N–H and O–H groups in total. The Bertz CT molecular complexity index is 888. The van der Waals surface area contributed by atoms with Gasteiger partial charge in [-0.3, -0.25) is 0 Å². The van der Waals surface area contributed by atoms with Crippen LogP contribution in [0.4, 0.5) is 10.2 Å². The molecule has 3 aromatic rings. The highest BCUT2D eigenvalue weighted by Crippen LogP contribution is 2.36. The molecule has 6 heteroatoms. The van der Waals surface area contributed by atoms with Crippen LogP contribution < -0.4 is 5.32 Å². The van der Waals surface area contributed by atoms with E-state index in [2.05, 4.69) is 5.32 Å². The van der Waals surface area contributed by atoms with Crippen molar-refractivity contribution < 1.29 is 4.39 Å². The van der Waals surface area contributed by atoms with Gasteiger partial charge >= 0.3 is 0 Å². The first-order valence-corrected chi connectivity index (χ1v) is 7.96. The van der Waals surface area contributed by atoms with Crippen LogP contribution in [0.25, 0.3) is 16.9 Å². The second-order valence-corrected chi connectivity index (χ2v) is 6.21. The van der Waals surface area contributed by atoms with Crippen LogP contribution in [0.1, 0.15) is 5.56 Å². The molecular formula is C17H12Cl2FN3. The minimum Gasteiger partial charge on any atom is -0.369 e. The van der Waals surface area contributed by atoms with Gasteiger partial charge in [-0.15, -0.1) is 0 Å². The number of halogens is 3. The van der Waals surface area contributed by atoms with E-state index in [4.69, 9.17) is 28.3 Å². The fourth-order valence-electron chi connectivity index (χ4n) is 2.84. The zero-order valence-electron chi connectivity index (χ0n) is 12.0. The summed E-state index contributed by atoms with van der Waals surface area (Å²) in [5, 5.41) is 9.15. The van der Waals surface area contributed by atoms with E-state index in [-0.39, 0.29) is 5.82 Å². The predicted molar refractivity (Wildman–Crippen MR) is 91.2 cm³/mol. The lowest BCUT2D eigenvalue weighted by atomic mass is 10.1. The van der Waals surface area contributed by atoms with Crippen molar-refractivity contribution in [1.29, 1.82) is 0 Å². The third-order valence-corrected chi connectivity index (χ3v) is 4.44. The minimum absolute atomic E-state index is 0.260. The van der Waals surface area contributed by atoms with E-state index in [0.29, 0.717) is 10.0 Å². The van der Waals surface area contributed by atoms with E-state index in [1.54, 1.807) is 28.9 Å². The van der Waals surface area contributed by atoms with Gasteiger partial charge in [-0.1, -0.05) is 23.2 Å². The molecule has 0 spiro atoms. The van der Waals surface area contributed by atoms with Crippen LogP contribution in [0.3, 0.4) is 0 Å². The molecule has 1 aliphatic heterocycles. The molecule has 0 aliphatic carbocycles. The zero-order valence-corrected chi connectivity index (χ0v) is 13.5. The smallest absolute Gasteiger partial charge is 0.133 e. The Morgan fingerprint density at radius 1 is 1.09 bits per heavy atom. The number of anilines is 1. The highest BCUT2D eigenvalue weighted by molar-refractivity contribution is 6.35. The van der Waals surface area contributed by atoms with E-state index >= 15 is 0 Å². The first-order chi connectivity index (χ1) is 11.1. The molecule has 0 saturated carbocycles. The Morgan fingerprint density at radius 3 is 2.61 bits per heavy atom. The monoisotopic (exact) mass is 347 g/mol. The molecule has 0 radical (unpaired) electrons. The molecule has 4 rings (SSSR count). The fraction of sp³-hybridized carbons (Fsp3) is 0.118. The number of nitrogens with zero attached hydrogens (tertiary/aromatic N) is 2. The minimum atomic E-state index is -0.260. The van der Waals surface area contributed by atoms with E-state index < -0.39 is 0 Å². The quantitative estimate of drug-likeness (QED) is 0.710. The number of aromatic nitrogens is 2. The number of rotatable bonds is 2. The van der Waals surface area contributed by atoms with E-state index in [1.165, 1.54) is 12.1 Å². The lowest BCUT2D eigenvalue weighted by molar-refractivity contribution is 0.628. The molecule has 0 saturated heterocycles. The van der Waals surface area contributed by atoms with E-state index in [9.17, 15) is 4.39 Å². The zero-order chi connectivity index (χ0) is 16.0. The van der Waals surface area contributed by atoms with Crippen molar-refractivity contribution in [2.45, 2.75) is 6.42 Å². The number of benzene rings is 2. The average Bonchev–Trinajstić information content (AvgIpc) is 3.11. The van der Waals surface area contributed by atoms with E-state index in [0.717, 1.165) is 41.3 Å². The summed E-state index contributed by atoms with van der Waals surface area (Å²) in [6, 6.07) is 11.7. The first-order valence-electron chi connectivity index (χ1n) is 7.20. The predicted octanol–water partition coefficient (Wildman–Crippen LogP) is 4.95. The summed E-state index contributed by atoms with van der Waals surface area (Å²) in [6.45, 7) is 0.840. The van der Waals surface area contributed by atoms with Crippen molar-refractivity contribution in [2.75, 3.05) is 11.9 Å². The van der Waals surface area contributed by atoms with Gasteiger partial charge in [0, 0.05) is 22.7 Å². The standard InChI is InChI=1S/C17H12Cl2FN3/c18-11-3-6-15(14(19)9-11)23-17-13(7-8-21-17)16(22-23)10-1-4-12(20)5-2-10/h1-6,9,21H,7-8H2. The molecule has 0 unspecified atom stereocenters. The molecular weight excluding hydrogens is 336 g/mol. The fourth-order valence-corrected chi connectivity index (χ4v) is 3.33. The molecule has 0 amide bonds. The molecule has 3 nitrogen and oxygen atoms in total. The second-order valence-electron chi connectivity index (χ2n) is 5.37. The summed E-state index contributed by atoms with van der Waals surface area (Å²) in [5.41, 5.74) is 3.60. The lowest BCUT2D eigenvalue weighted by Crippen LogP contribution is -2.04. The number of hydrogen-bond acceptors (Lipinski definition) is 2. The molecule has 2 aromatic carbocycles. The Labute approximate surface area is 142 Å². The summed E-state index contributed by atoms with van der Waals surface area (Å²) in [5.74, 6) is 0.664. The van der Waals surface area contributed by atoms with Crippen LogP contribution in [0.2, 0.25) is 10.0 Å². The van der Waals surface area contributed by atoms with E-state index in [1.807, 2.05) is 6.07 Å². The molecule has 1 aliphatic rings. The van der Waals surface area contributed by atoms with Crippen LogP contribution in [0, 0.1) is 5.82 Å². The van der Waals surface area contributed by atoms with Crippen LogP contribution >= 0.6 is 23.2 Å². The highest BCUT2D eigenvalue weighted by Gasteiger charge is 2.24. The Morgan fingerprint density at radius 2 is 1.87 bits per heavy atom. The SMILES string of the molecule is Fc1ccc(-c2nn(-c3ccc(Cl)cc3Cl)c3c2CCN3)cc1. The average molecular weight is 348 g/mol. The first kappa shape index (κ1) is 14.5. The summed E-state index contributed by atoms with van der Waals surface area (Å²) in [4.78, 5) is 0. The molecule has 2 heterocycles. The molecule has 0 fully saturated rings. The second kappa shape index (κ2) is 5.55. The number of hydrogen-bond donors (Lipinski definition) is 1. The maximum Gasteiger partial charge on any atom is 0.133 e. The molecule has 23 heavy (non-hydrogen) atoms. The van der Waals surface area contributed by atoms with Gasteiger partial charge in [0.05, 0.1) is 16.4 Å². The van der Waals surface area contributed by atoms with Gasteiger partial charge in [-0.05, 0) is 48.9 Å². The molecule has 1 aromatic heterocycles. The molecule has 0 atom stereocenters. The maximum absolute atomic E-state index is 13.2. The van der Waals surface area contributed by atoms with Crippen molar-refractivity contribution in [3.63, 3.8) is 0 Å². The lowest BCUT2D eigenvalue weighted by Gasteiger charge is -2.08. The topological polar surface area (TPSA) is 29.9 Å². The summed E-state index contributed by atoms with van der Waals surface area (Å²) in [6.07, 6.45) is 0.868. The summed E-state index contributed by atoms with van der Waals surface area (Å²) < 4.78 is 15.0. The largest absolute Gasteiger partial charge is 0.369 e. The third-order valence-electron chi connectivity index (χ3n) is 3.91. The van der Waals surface area contributed by atoms with Gasteiger partial charge in [-0.2, -0.15) is 5.10 Å². The Kier molecular flexibility index (Phi) is 3.51. The normalized spacial score (nSPS) is 13.0. The van der Waals surface area contributed by atoms with Gasteiger partial charge in [0.2, 0.25) is 0 Å². The van der Waals surface area contributed by atoms with Gasteiger partial charge in [0.1, 0.15) is 11.6 Å². The highest BCUT2D eigenvalue weighted by atomic mass is 35.5. The molecule has 116 valence electrons. The van der Waals surface area contributed by atoms with Crippen molar-refractivity contribution in [3.8, 4) is 16.9 Å².